The van der Waals surface area contributed by atoms with E-state index in [4.69, 9.17) is 21.4 Å². The van der Waals surface area contributed by atoms with Gasteiger partial charge in [-0.15, -0.1) is 11.6 Å². The zero-order valence-corrected chi connectivity index (χ0v) is 17.2. The van der Waals surface area contributed by atoms with Crippen LogP contribution in [0.15, 0.2) is 24.3 Å². The number of carboxylic acids is 1. The van der Waals surface area contributed by atoms with Crippen LogP contribution in [-0.2, 0) is 9.53 Å². The molecule has 3 unspecified atom stereocenters. The highest BCUT2D eigenvalue weighted by Gasteiger charge is 2.39. The normalized spacial score (nSPS) is 28.2. The van der Waals surface area contributed by atoms with Gasteiger partial charge in [-0.05, 0) is 57.8 Å². The molecule has 1 rings (SSSR count). The monoisotopic (exact) mass is 402 g/mol. The summed E-state index contributed by atoms with van der Waals surface area (Å²) in [6, 6.07) is 0. The Balaban J connectivity index is 2.45. The fraction of sp³-hybridized carbons (Fsp3) is 0.762. The molecule has 1 aliphatic carbocycles. The Morgan fingerprint density at radius 1 is 1.30 bits per heavy atom. The lowest BCUT2D eigenvalue weighted by Crippen LogP contribution is -2.19. The first-order chi connectivity index (χ1) is 12.8. The van der Waals surface area contributed by atoms with Crippen LogP contribution in [0.3, 0.4) is 0 Å². The fourth-order valence-electron chi connectivity index (χ4n) is 3.49. The van der Waals surface area contributed by atoms with Crippen LogP contribution in [0.25, 0.3) is 0 Å². The Morgan fingerprint density at radius 3 is 2.70 bits per heavy atom. The number of hydrogen-bond donors (Lipinski definition) is 3. The molecule has 0 spiro atoms. The highest BCUT2D eigenvalue weighted by molar-refractivity contribution is 6.21. The maximum Gasteiger partial charge on any atom is 0.303 e. The minimum atomic E-state index is -0.774. The number of aliphatic hydroxyl groups excluding tert-OH is 2. The number of carboxylic acid groups (broad SMARTS) is 1. The van der Waals surface area contributed by atoms with Crippen molar-refractivity contribution in [3.63, 3.8) is 0 Å². The molecule has 5 nitrogen and oxygen atoms in total. The molecule has 1 saturated carbocycles. The highest BCUT2D eigenvalue weighted by atomic mass is 35.5. The van der Waals surface area contributed by atoms with Gasteiger partial charge in [0.2, 0.25) is 0 Å². The molecule has 3 N–H and O–H groups in total. The molecule has 156 valence electrons. The second kappa shape index (κ2) is 13.3. The lowest BCUT2D eigenvalue weighted by Gasteiger charge is -2.19. The molecule has 27 heavy (non-hydrogen) atoms. The quantitative estimate of drug-likeness (QED) is 0.247. The minimum absolute atomic E-state index is 0.0660. The maximum atomic E-state index is 10.5. The van der Waals surface area contributed by atoms with Crippen LogP contribution in [0.1, 0.15) is 58.3 Å². The first-order valence-electron chi connectivity index (χ1n) is 9.93. The van der Waals surface area contributed by atoms with Gasteiger partial charge < -0.3 is 20.1 Å². The molecular formula is C21H35ClO5. The van der Waals surface area contributed by atoms with Crippen LogP contribution >= 0.6 is 11.6 Å². The van der Waals surface area contributed by atoms with E-state index in [0.29, 0.717) is 19.3 Å². The van der Waals surface area contributed by atoms with Crippen molar-refractivity contribution in [3.05, 3.63) is 24.3 Å². The number of allylic oxidation sites excluding steroid dienone is 2. The Labute approximate surface area is 168 Å². The van der Waals surface area contributed by atoms with Gasteiger partial charge in [0.05, 0.1) is 18.3 Å². The van der Waals surface area contributed by atoms with E-state index in [2.05, 4.69) is 0 Å². The van der Waals surface area contributed by atoms with Gasteiger partial charge >= 0.3 is 5.97 Å². The summed E-state index contributed by atoms with van der Waals surface area (Å²) in [7, 11) is 1.69. The van der Waals surface area contributed by atoms with Crippen molar-refractivity contribution >= 4 is 17.6 Å². The molecule has 0 aromatic carbocycles. The first kappa shape index (κ1) is 24.2. The predicted octanol–water partition coefficient (Wildman–Crippen LogP) is 3.91. The van der Waals surface area contributed by atoms with E-state index in [1.807, 2.05) is 25.2 Å². The summed E-state index contributed by atoms with van der Waals surface area (Å²) in [5, 5.41) is 29.0. The zero-order valence-electron chi connectivity index (χ0n) is 16.5. The molecule has 0 radical (unpaired) electrons. The van der Waals surface area contributed by atoms with Gasteiger partial charge in [-0.25, -0.2) is 0 Å². The smallest absolute Gasteiger partial charge is 0.303 e. The van der Waals surface area contributed by atoms with Crippen molar-refractivity contribution in [1.82, 2.24) is 0 Å². The summed E-state index contributed by atoms with van der Waals surface area (Å²) in [5.74, 6) is -0.721. The van der Waals surface area contributed by atoms with Crippen LogP contribution in [0.4, 0.5) is 0 Å². The number of carbonyl (C=O) groups is 1. The second-order valence-electron chi connectivity index (χ2n) is 7.48. The molecule has 0 aliphatic heterocycles. The number of aliphatic hydroxyl groups is 2. The minimum Gasteiger partial charge on any atom is -0.481 e. The number of unbranched alkanes of at least 4 members (excludes halogenated alkanes) is 1. The average Bonchev–Trinajstić information content (AvgIpc) is 2.88. The van der Waals surface area contributed by atoms with Crippen molar-refractivity contribution in [3.8, 4) is 0 Å². The van der Waals surface area contributed by atoms with E-state index in [0.717, 1.165) is 25.7 Å². The largest absolute Gasteiger partial charge is 0.481 e. The number of alkyl halides is 1. The van der Waals surface area contributed by atoms with Gasteiger partial charge in [0.15, 0.2) is 0 Å². The first-order valence-corrected chi connectivity index (χ1v) is 10.4. The summed E-state index contributed by atoms with van der Waals surface area (Å²) < 4.78 is 5.20. The number of rotatable bonds is 13. The van der Waals surface area contributed by atoms with Gasteiger partial charge in [0.25, 0.3) is 0 Å². The van der Waals surface area contributed by atoms with Crippen LogP contribution in [-0.4, -0.2) is 52.1 Å². The van der Waals surface area contributed by atoms with Crippen LogP contribution < -0.4 is 0 Å². The molecule has 6 heteroatoms. The Bertz CT molecular complexity index is 479. The van der Waals surface area contributed by atoms with E-state index in [1.54, 1.807) is 13.2 Å². The van der Waals surface area contributed by atoms with Crippen molar-refractivity contribution in [2.75, 3.05) is 7.11 Å². The third-order valence-electron chi connectivity index (χ3n) is 5.27. The van der Waals surface area contributed by atoms with E-state index < -0.39 is 18.2 Å². The highest BCUT2D eigenvalue weighted by Crippen LogP contribution is 2.39. The van der Waals surface area contributed by atoms with Crippen molar-refractivity contribution < 1.29 is 24.9 Å². The van der Waals surface area contributed by atoms with Gasteiger partial charge in [-0.3, -0.25) is 4.79 Å². The molecule has 0 aromatic heterocycles. The van der Waals surface area contributed by atoms with Crippen LogP contribution in [0.5, 0.6) is 0 Å². The Kier molecular flexibility index (Phi) is 11.9. The van der Waals surface area contributed by atoms with Gasteiger partial charge in [-0.2, -0.15) is 0 Å². The summed E-state index contributed by atoms with van der Waals surface area (Å²) in [6.45, 7) is 2.01. The molecule has 6 atom stereocenters. The summed E-state index contributed by atoms with van der Waals surface area (Å²) in [4.78, 5) is 10.5. The van der Waals surface area contributed by atoms with Crippen LogP contribution in [0, 0.1) is 11.8 Å². The molecule has 0 heterocycles. The standard InChI is InChI=1S/C21H35ClO5/c1-15(27-2)8-7-9-16(23)12-13-18-17(19(22)14-20(18)24)10-5-3-4-6-11-21(25)26/h3,5,12-13,15-20,23-24H,4,6-11,14H2,1-2H3,(H,25,26)/b5-3-,13-12+/t15?,16-,17+,18?,19?,20+/m0/s1. The molecule has 0 amide bonds. The summed E-state index contributed by atoms with van der Waals surface area (Å²) >= 11 is 6.42. The molecule has 1 fully saturated rings. The maximum absolute atomic E-state index is 10.5. The molecule has 0 saturated heterocycles. The molecule has 0 bridgehead atoms. The third-order valence-corrected chi connectivity index (χ3v) is 5.78. The Morgan fingerprint density at radius 2 is 2.04 bits per heavy atom. The van der Waals surface area contributed by atoms with E-state index >= 15 is 0 Å². The number of methoxy groups -OCH3 is 1. The van der Waals surface area contributed by atoms with Gasteiger partial charge in [0.1, 0.15) is 0 Å². The Hall–Kier alpha value is -0.880. The predicted molar refractivity (Wildman–Crippen MR) is 108 cm³/mol. The van der Waals surface area contributed by atoms with Crippen molar-refractivity contribution in [2.24, 2.45) is 11.8 Å². The number of ether oxygens (including phenoxy) is 1. The lowest BCUT2D eigenvalue weighted by molar-refractivity contribution is -0.137. The van der Waals surface area contributed by atoms with Gasteiger partial charge in [-0.1, -0.05) is 24.3 Å². The van der Waals surface area contributed by atoms with Crippen LogP contribution in [0.2, 0.25) is 0 Å². The molecule has 1 aliphatic rings. The number of halogens is 1. The van der Waals surface area contributed by atoms with E-state index in [-0.39, 0.29) is 29.7 Å². The van der Waals surface area contributed by atoms with Crippen molar-refractivity contribution in [1.29, 1.82) is 0 Å². The van der Waals surface area contributed by atoms with Crippen molar-refractivity contribution in [2.45, 2.75) is 82.0 Å². The SMILES string of the molecule is COC(C)CCC[C@H](O)/C=C/C1[C@@H](C/C=C\CCCC(=O)O)C(Cl)C[C@H]1O. The fourth-order valence-corrected chi connectivity index (χ4v) is 3.95. The third kappa shape index (κ3) is 9.74. The topological polar surface area (TPSA) is 87.0 Å². The molecular weight excluding hydrogens is 368 g/mol. The molecule has 0 aromatic rings. The summed E-state index contributed by atoms with van der Waals surface area (Å²) in [6.07, 6.45) is 12.2. The van der Waals surface area contributed by atoms with E-state index in [1.165, 1.54) is 0 Å². The lowest BCUT2D eigenvalue weighted by atomic mass is 9.90. The number of hydrogen-bond acceptors (Lipinski definition) is 4. The zero-order chi connectivity index (χ0) is 20.2. The average molecular weight is 403 g/mol. The van der Waals surface area contributed by atoms with Gasteiger partial charge in [0, 0.05) is 24.8 Å². The summed E-state index contributed by atoms with van der Waals surface area (Å²) in [5.41, 5.74) is 0. The second-order valence-corrected chi connectivity index (χ2v) is 8.04. The van der Waals surface area contributed by atoms with E-state index in [9.17, 15) is 15.0 Å². The number of aliphatic carboxylic acids is 1.